The number of halogens is 6. The molecule has 0 saturated heterocycles. The lowest BCUT2D eigenvalue weighted by Gasteiger charge is -2.20. The fourth-order valence-electron chi connectivity index (χ4n) is 1.88. The van der Waals surface area contributed by atoms with Gasteiger partial charge in [0.15, 0.2) is 0 Å². The van der Waals surface area contributed by atoms with Crippen LogP contribution in [0.4, 0.5) is 26.3 Å². The van der Waals surface area contributed by atoms with E-state index in [1.165, 1.54) is 0 Å². The van der Waals surface area contributed by atoms with Gasteiger partial charge in [-0.15, -0.1) is 0 Å². The van der Waals surface area contributed by atoms with E-state index >= 15 is 0 Å². The average Bonchev–Trinajstić information content (AvgIpc) is 2.33. The Morgan fingerprint density at radius 2 is 1.65 bits per heavy atom. The second-order valence-corrected chi connectivity index (χ2v) is 4.55. The molecule has 0 fully saturated rings. The van der Waals surface area contributed by atoms with Crippen LogP contribution in [0.1, 0.15) is 48.9 Å². The number of nitrogens with two attached hydrogens (primary N) is 1. The van der Waals surface area contributed by atoms with Crippen LogP contribution in [0, 0.1) is 0 Å². The minimum absolute atomic E-state index is 0.209. The molecule has 0 aliphatic rings. The molecule has 7 heteroatoms. The Morgan fingerprint density at radius 1 is 1.05 bits per heavy atom. The molecule has 0 aromatic heterocycles. The van der Waals surface area contributed by atoms with E-state index in [1.54, 1.807) is 0 Å². The monoisotopic (exact) mass is 299 g/mol. The van der Waals surface area contributed by atoms with Crippen molar-refractivity contribution in [3.8, 4) is 0 Å². The molecular formula is C13H15F6N. The van der Waals surface area contributed by atoms with E-state index in [9.17, 15) is 26.3 Å². The molecule has 1 aromatic carbocycles. The minimum Gasteiger partial charge on any atom is -0.324 e. The second-order valence-electron chi connectivity index (χ2n) is 4.55. The number of unbranched alkanes of at least 4 members (excludes halogenated alkanes) is 1. The minimum atomic E-state index is -4.72. The van der Waals surface area contributed by atoms with Crippen LogP contribution in [-0.4, -0.2) is 0 Å². The predicted octanol–water partition coefficient (Wildman–Crippen LogP) is 4.91. The molecule has 1 nitrogen and oxygen atoms in total. The summed E-state index contributed by atoms with van der Waals surface area (Å²) < 4.78 is 76.2. The summed E-state index contributed by atoms with van der Waals surface area (Å²) in [5.74, 6) is 0. The van der Waals surface area contributed by atoms with Gasteiger partial charge in [0.05, 0.1) is 11.1 Å². The van der Waals surface area contributed by atoms with Gasteiger partial charge in [0.25, 0.3) is 0 Å². The fourth-order valence-corrected chi connectivity index (χ4v) is 1.88. The summed E-state index contributed by atoms with van der Waals surface area (Å²) in [7, 11) is 0. The molecule has 2 N–H and O–H groups in total. The summed E-state index contributed by atoms with van der Waals surface area (Å²) in [4.78, 5) is 0. The third-order valence-electron chi connectivity index (χ3n) is 2.95. The summed E-state index contributed by atoms with van der Waals surface area (Å²) in [5.41, 5.74) is 2.90. The quantitative estimate of drug-likeness (QED) is 0.785. The predicted molar refractivity (Wildman–Crippen MR) is 62.9 cm³/mol. The van der Waals surface area contributed by atoms with E-state index in [0.717, 1.165) is 0 Å². The Morgan fingerprint density at radius 3 is 2.10 bits per heavy atom. The molecule has 0 spiro atoms. The van der Waals surface area contributed by atoms with Crippen molar-refractivity contribution in [3.05, 3.63) is 34.9 Å². The van der Waals surface area contributed by atoms with Gasteiger partial charge >= 0.3 is 12.4 Å². The Labute approximate surface area is 112 Å². The highest BCUT2D eigenvalue weighted by molar-refractivity contribution is 5.37. The Bertz CT molecular complexity index is 449. The molecule has 0 amide bonds. The van der Waals surface area contributed by atoms with Gasteiger partial charge in [-0.25, -0.2) is 0 Å². The van der Waals surface area contributed by atoms with Gasteiger partial charge in [-0.2, -0.15) is 26.3 Å². The van der Waals surface area contributed by atoms with Crippen LogP contribution in [0.25, 0.3) is 0 Å². The third-order valence-corrected chi connectivity index (χ3v) is 2.95. The van der Waals surface area contributed by atoms with Gasteiger partial charge in [-0.3, -0.25) is 0 Å². The van der Waals surface area contributed by atoms with E-state index < -0.39 is 35.1 Å². The van der Waals surface area contributed by atoms with Crippen molar-refractivity contribution in [2.75, 3.05) is 0 Å². The molecule has 0 aliphatic carbocycles. The highest BCUT2D eigenvalue weighted by atomic mass is 19.4. The third kappa shape index (κ3) is 4.13. The van der Waals surface area contributed by atoms with Crippen LogP contribution in [0.15, 0.2) is 18.2 Å². The summed E-state index contributed by atoms with van der Waals surface area (Å²) in [6.45, 7) is 1.82. The SMILES string of the molecule is CCCC[C@H](N)c1cc(C(F)(F)F)ccc1C(F)(F)F. The van der Waals surface area contributed by atoms with Crippen molar-refractivity contribution in [2.24, 2.45) is 5.73 Å². The number of benzene rings is 1. The van der Waals surface area contributed by atoms with Crippen molar-refractivity contribution >= 4 is 0 Å². The highest BCUT2D eigenvalue weighted by Crippen LogP contribution is 2.39. The molecule has 0 heterocycles. The maximum Gasteiger partial charge on any atom is 0.416 e. The first-order chi connectivity index (χ1) is 9.07. The highest BCUT2D eigenvalue weighted by Gasteiger charge is 2.37. The first-order valence-corrected chi connectivity index (χ1v) is 6.11. The molecule has 1 aromatic rings. The van der Waals surface area contributed by atoms with Crippen LogP contribution in [0.3, 0.4) is 0 Å². The van der Waals surface area contributed by atoms with E-state index in [2.05, 4.69) is 0 Å². The lowest BCUT2D eigenvalue weighted by atomic mass is 9.94. The van der Waals surface area contributed by atoms with Gasteiger partial charge in [0.2, 0.25) is 0 Å². The van der Waals surface area contributed by atoms with Crippen molar-refractivity contribution in [1.29, 1.82) is 0 Å². The summed E-state index contributed by atoms with van der Waals surface area (Å²) in [6, 6.07) is 0.320. The zero-order valence-electron chi connectivity index (χ0n) is 10.8. The van der Waals surface area contributed by atoms with Crippen molar-refractivity contribution in [2.45, 2.75) is 44.6 Å². The van der Waals surface area contributed by atoms with Gasteiger partial charge < -0.3 is 5.73 Å². The zero-order valence-corrected chi connectivity index (χ0v) is 10.8. The van der Waals surface area contributed by atoms with Crippen LogP contribution >= 0.6 is 0 Å². The number of alkyl halides is 6. The number of hydrogen-bond acceptors (Lipinski definition) is 1. The van der Waals surface area contributed by atoms with Crippen LogP contribution < -0.4 is 5.73 Å². The molecule has 1 atom stereocenters. The summed E-state index contributed by atoms with van der Waals surface area (Å²) in [6.07, 6.45) is -7.95. The van der Waals surface area contributed by atoms with E-state index in [1.807, 2.05) is 6.92 Å². The zero-order chi connectivity index (χ0) is 15.6. The summed E-state index contributed by atoms with van der Waals surface area (Å²) >= 11 is 0. The number of hydrogen-bond donors (Lipinski definition) is 1. The molecule has 0 radical (unpaired) electrons. The van der Waals surface area contributed by atoms with Crippen molar-refractivity contribution in [1.82, 2.24) is 0 Å². The van der Waals surface area contributed by atoms with Gasteiger partial charge in [0.1, 0.15) is 0 Å². The Kier molecular flexibility index (Phi) is 5.07. The molecule has 0 unspecified atom stereocenters. The molecule has 0 saturated carbocycles. The Hall–Kier alpha value is -1.24. The van der Waals surface area contributed by atoms with Gasteiger partial charge in [-0.1, -0.05) is 19.8 Å². The van der Waals surface area contributed by atoms with Crippen molar-refractivity contribution < 1.29 is 26.3 Å². The Balaban J connectivity index is 3.27. The molecule has 0 bridgehead atoms. The number of rotatable bonds is 4. The van der Waals surface area contributed by atoms with Crippen LogP contribution in [0.2, 0.25) is 0 Å². The lowest BCUT2D eigenvalue weighted by molar-refractivity contribution is -0.142. The second kappa shape index (κ2) is 6.03. The molecule has 20 heavy (non-hydrogen) atoms. The molecule has 0 aliphatic heterocycles. The maximum atomic E-state index is 12.8. The molecule has 1 rings (SSSR count). The van der Waals surface area contributed by atoms with Crippen LogP contribution in [-0.2, 0) is 12.4 Å². The lowest BCUT2D eigenvalue weighted by Crippen LogP contribution is -2.19. The van der Waals surface area contributed by atoms with E-state index in [0.29, 0.717) is 31.0 Å². The largest absolute Gasteiger partial charge is 0.416 e. The van der Waals surface area contributed by atoms with E-state index in [-0.39, 0.29) is 6.42 Å². The van der Waals surface area contributed by atoms with Crippen molar-refractivity contribution in [3.63, 3.8) is 0 Å². The maximum absolute atomic E-state index is 12.8. The standard InChI is InChI=1S/C13H15F6N/c1-2-3-4-11(20)9-7-8(12(14,15)16)5-6-10(9)13(17,18)19/h5-7,11H,2-4,20H2,1H3/t11-/m0/s1. The smallest absolute Gasteiger partial charge is 0.324 e. The molecule has 114 valence electrons. The van der Waals surface area contributed by atoms with Gasteiger partial charge in [0, 0.05) is 6.04 Å². The molecular weight excluding hydrogens is 284 g/mol. The average molecular weight is 299 g/mol. The fraction of sp³-hybridized carbons (Fsp3) is 0.538. The topological polar surface area (TPSA) is 26.0 Å². The first-order valence-electron chi connectivity index (χ1n) is 6.11. The first kappa shape index (κ1) is 16.8. The van der Waals surface area contributed by atoms with Crippen LogP contribution in [0.5, 0.6) is 0 Å². The normalized spacial score (nSPS) is 14.4. The van der Waals surface area contributed by atoms with E-state index in [4.69, 9.17) is 5.73 Å². The van der Waals surface area contributed by atoms with Gasteiger partial charge in [-0.05, 0) is 30.2 Å². The summed E-state index contributed by atoms with van der Waals surface area (Å²) in [5, 5.41) is 0.